The van der Waals surface area contributed by atoms with Crippen molar-refractivity contribution in [2.75, 3.05) is 7.05 Å². The molecule has 0 spiro atoms. The normalized spacial score (nSPS) is 18.9. The molecule has 0 saturated carbocycles. The van der Waals surface area contributed by atoms with E-state index in [9.17, 15) is 0 Å². The van der Waals surface area contributed by atoms with Gasteiger partial charge in [-0.15, -0.1) is 0 Å². The van der Waals surface area contributed by atoms with E-state index in [-0.39, 0.29) is 0 Å². The number of hydrogen-bond donors (Lipinski definition) is 1. The number of aromatic nitrogens is 1. The van der Waals surface area contributed by atoms with E-state index < -0.39 is 0 Å². The van der Waals surface area contributed by atoms with Gasteiger partial charge in [0.1, 0.15) is 0 Å². The van der Waals surface area contributed by atoms with E-state index >= 15 is 0 Å². The van der Waals surface area contributed by atoms with Crippen molar-refractivity contribution >= 4 is 0 Å². The van der Waals surface area contributed by atoms with Crippen LogP contribution in [0.2, 0.25) is 0 Å². The van der Waals surface area contributed by atoms with E-state index in [4.69, 9.17) is 0 Å². The summed E-state index contributed by atoms with van der Waals surface area (Å²) >= 11 is 0. The van der Waals surface area contributed by atoms with E-state index in [2.05, 4.69) is 22.1 Å². The first-order valence-corrected chi connectivity index (χ1v) is 4.30. The van der Waals surface area contributed by atoms with Gasteiger partial charge in [-0.3, -0.25) is 4.98 Å². The van der Waals surface area contributed by atoms with Crippen LogP contribution in [-0.4, -0.2) is 23.1 Å². The largest absolute Gasteiger partial charge is 0.370 e. The lowest BCUT2D eigenvalue weighted by atomic mass is 10.5. The van der Waals surface area contributed by atoms with Crippen LogP contribution in [0, 0.1) is 0 Å². The van der Waals surface area contributed by atoms with Crippen LogP contribution < -0.4 is 5.32 Å². The van der Waals surface area contributed by atoms with Gasteiger partial charge in [0.05, 0.1) is 6.17 Å². The van der Waals surface area contributed by atoms with Crippen molar-refractivity contribution in [1.29, 1.82) is 0 Å². The molecular formula is C10H15N3. The van der Waals surface area contributed by atoms with Crippen molar-refractivity contribution in [3.8, 4) is 0 Å². The molecule has 70 valence electrons. The summed E-state index contributed by atoms with van der Waals surface area (Å²) in [6, 6.07) is 5.72. The van der Waals surface area contributed by atoms with Gasteiger partial charge >= 0.3 is 0 Å². The van der Waals surface area contributed by atoms with Crippen LogP contribution in [0.3, 0.4) is 0 Å². The van der Waals surface area contributed by atoms with Gasteiger partial charge in [-0.2, -0.15) is 0 Å². The lowest BCUT2D eigenvalue weighted by Gasteiger charge is -2.14. The Morgan fingerprint density at radius 2 is 1.92 bits per heavy atom. The summed E-state index contributed by atoms with van der Waals surface area (Å²) in [7, 11) is 2.04. The number of hydrogen-bond acceptors (Lipinski definition) is 3. The first kappa shape index (κ1) is 9.58. The zero-order valence-electron chi connectivity index (χ0n) is 8.01. The van der Waals surface area contributed by atoms with Crippen LogP contribution in [-0.2, 0) is 0 Å². The molecule has 0 saturated heterocycles. The highest BCUT2D eigenvalue weighted by atomic mass is 15.3. The summed E-state index contributed by atoms with van der Waals surface area (Å²) in [5, 5.41) is 3.11. The second kappa shape index (κ2) is 5.19. The summed E-state index contributed by atoms with van der Waals surface area (Å²) < 4.78 is 0. The molecule has 2 rings (SSSR count). The van der Waals surface area contributed by atoms with Gasteiger partial charge in [0.2, 0.25) is 0 Å². The number of nitrogens with zero attached hydrogens (tertiary/aromatic N) is 2. The molecule has 13 heavy (non-hydrogen) atoms. The Morgan fingerprint density at radius 1 is 1.23 bits per heavy atom. The monoisotopic (exact) mass is 177 g/mol. The third-order valence-electron chi connectivity index (χ3n) is 1.82. The molecule has 0 amide bonds. The SMILES string of the molecule is CC1NC=CN1C.c1ccncc1. The Balaban J connectivity index is 0.000000132. The minimum atomic E-state index is 0.486. The van der Waals surface area contributed by atoms with E-state index in [1.165, 1.54) is 0 Å². The van der Waals surface area contributed by atoms with Crippen LogP contribution >= 0.6 is 0 Å². The van der Waals surface area contributed by atoms with Crippen LogP contribution in [0.25, 0.3) is 0 Å². The molecule has 1 atom stereocenters. The molecule has 3 nitrogen and oxygen atoms in total. The highest BCUT2D eigenvalue weighted by Gasteiger charge is 2.04. The fraction of sp³-hybridized carbons (Fsp3) is 0.300. The molecule has 1 aromatic heterocycles. The van der Waals surface area contributed by atoms with Crippen LogP contribution in [0.15, 0.2) is 43.0 Å². The van der Waals surface area contributed by atoms with E-state index in [0.717, 1.165) is 0 Å². The fourth-order valence-corrected chi connectivity index (χ4v) is 0.859. The third kappa shape index (κ3) is 3.60. The minimum absolute atomic E-state index is 0.486. The average Bonchev–Trinajstić information content (AvgIpc) is 2.55. The van der Waals surface area contributed by atoms with Crippen LogP contribution in [0.4, 0.5) is 0 Å². The van der Waals surface area contributed by atoms with E-state index in [0.29, 0.717) is 6.17 Å². The van der Waals surface area contributed by atoms with Gasteiger partial charge in [0, 0.05) is 31.8 Å². The fourth-order valence-electron chi connectivity index (χ4n) is 0.859. The Bertz CT molecular complexity index is 219. The van der Waals surface area contributed by atoms with Crippen molar-refractivity contribution in [3.05, 3.63) is 43.0 Å². The van der Waals surface area contributed by atoms with Crippen molar-refractivity contribution < 1.29 is 0 Å². The molecular weight excluding hydrogens is 162 g/mol. The molecule has 1 unspecified atom stereocenters. The van der Waals surface area contributed by atoms with Gasteiger partial charge in [0.15, 0.2) is 0 Å². The first-order valence-electron chi connectivity index (χ1n) is 4.30. The van der Waals surface area contributed by atoms with Crippen LogP contribution in [0.1, 0.15) is 6.92 Å². The maximum absolute atomic E-state index is 3.78. The summed E-state index contributed by atoms with van der Waals surface area (Å²) in [6.07, 6.45) is 7.95. The molecule has 0 aromatic carbocycles. The van der Waals surface area contributed by atoms with Crippen molar-refractivity contribution in [2.45, 2.75) is 13.1 Å². The third-order valence-corrected chi connectivity index (χ3v) is 1.82. The highest BCUT2D eigenvalue weighted by Crippen LogP contribution is 1.97. The molecule has 2 heterocycles. The molecule has 1 aliphatic heterocycles. The first-order chi connectivity index (χ1) is 6.30. The Kier molecular flexibility index (Phi) is 3.82. The predicted molar refractivity (Wildman–Crippen MR) is 53.7 cm³/mol. The Labute approximate surface area is 79.1 Å². The molecule has 1 aromatic rings. The number of pyridine rings is 1. The molecule has 0 aliphatic carbocycles. The zero-order valence-corrected chi connectivity index (χ0v) is 8.01. The summed E-state index contributed by atoms with van der Waals surface area (Å²) in [5.74, 6) is 0. The van der Waals surface area contributed by atoms with Crippen LogP contribution in [0.5, 0.6) is 0 Å². The molecule has 0 radical (unpaired) electrons. The predicted octanol–water partition coefficient (Wildman–Crippen LogP) is 1.42. The summed E-state index contributed by atoms with van der Waals surface area (Å²) in [6.45, 7) is 2.11. The minimum Gasteiger partial charge on any atom is -0.370 e. The standard InChI is InChI=1S/C5H10N2.C5H5N/c1-5-6-3-4-7(5)2;1-2-4-6-5-3-1/h3-6H,1-2H3;1-5H. The Morgan fingerprint density at radius 3 is 2.08 bits per heavy atom. The lowest BCUT2D eigenvalue weighted by molar-refractivity contribution is 0.356. The zero-order chi connectivity index (χ0) is 9.52. The topological polar surface area (TPSA) is 28.2 Å². The number of nitrogens with one attached hydrogen (secondary N) is 1. The van der Waals surface area contributed by atoms with Gasteiger partial charge < -0.3 is 10.2 Å². The van der Waals surface area contributed by atoms with Gasteiger partial charge in [0.25, 0.3) is 0 Å². The molecule has 3 heteroatoms. The van der Waals surface area contributed by atoms with E-state index in [1.54, 1.807) is 12.4 Å². The van der Waals surface area contributed by atoms with E-state index in [1.807, 2.05) is 37.6 Å². The summed E-state index contributed by atoms with van der Waals surface area (Å²) in [5.41, 5.74) is 0. The van der Waals surface area contributed by atoms with Crippen molar-refractivity contribution in [3.63, 3.8) is 0 Å². The average molecular weight is 177 g/mol. The lowest BCUT2D eigenvalue weighted by Crippen LogP contribution is -2.28. The van der Waals surface area contributed by atoms with Crippen molar-refractivity contribution in [2.24, 2.45) is 0 Å². The number of rotatable bonds is 0. The van der Waals surface area contributed by atoms with Crippen molar-refractivity contribution in [1.82, 2.24) is 15.2 Å². The Hall–Kier alpha value is -1.51. The quantitative estimate of drug-likeness (QED) is 0.649. The molecule has 0 fully saturated rings. The second-order valence-corrected chi connectivity index (χ2v) is 2.85. The molecule has 1 N–H and O–H groups in total. The maximum atomic E-state index is 3.78. The molecule has 1 aliphatic rings. The summed E-state index contributed by atoms with van der Waals surface area (Å²) in [4.78, 5) is 5.90. The smallest absolute Gasteiger partial charge is 0.0949 e. The van der Waals surface area contributed by atoms with Gasteiger partial charge in [-0.25, -0.2) is 0 Å². The maximum Gasteiger partial charge on any atom is 0.0949 e. The van der Waals surface area contributed by atoms with Gasteiger partial charge in [-0.05, 0) is 19.1 Å². The second-order valence-electron chi connectivity index (χ2n) is 2.85. The highest BCUT2D eigenvalue weighted by molar-refractivity contribution is 4.89. The molecule has 0 bridgehead atoms. The van der Waals surface area contributed by atoms with Gasteiger partial charge in [-0.1, -0.05) is 6.07 Å².